The molecule has 0 unspecified atom stereocenters. The number of nitrogens with zero attached hydrogens (tertiary/aromatic N) is 2. The van der Waals surface area contributed by atoms with Gasteiger partial charge in [-0.15, -0.1) is 11.3 Å². The summed E-state index contributed by atoms with van der Waals surface area (Å²) in [6.45, 7) is 0. The first-order valence-electron chi connectivity index (χ1n) is 4.60. The van der Waals surface area contributed by atoms with E-state index in [4.69, 9.17) is 17.3 Å². The molecule has 1 aromatic heterocycles. The van der Waals surface area contributed by atoms with E-state index in [0.29, 0.717) is 16.0 Å². The average Bonchev–Trinajstić information content (AvgIpc) is 2.68. The van der Waals surface area contributed by atoms with E-state index in [0.717, 1.165) is 10.0 Å². The molecule has 0 radical (unpaired) electrons. The molecule has 0 atom stereocenters. The lowest BCUT2D eigenvalue weighted by atomic mass is 10.2. The largest absolute Gasteiger partial charge is 0.383 e. The van der Waals surface area contributed by atoms with Crippen LogP contribution in [0.5, 0.6) is 0 Å². The lowest BCUT2D eigenvalue weighted by molar-refractivity contribution is 1.29. The molecule has 0 aliphatic carbocycles. The Hall–Kier alpha value is -1.11. The summed E-state index contributed by atoms with van der Waals surface area (Å²) in [7, 11) is 0. The van der Waals surface area contributed by atoms with E-state index in [2.05, 4.69) is 31.4 Å². The van der Waals surface area contributed by atoms with Crippen LogP contribution in [-0.2, 0) is 0 Å². The van der Waals surface area contributed by atoms with Crippen LogP contribution in [0.4, 0.5) is 10.9 Å². The van der Waals surface area contributed by atoms with Gasteiger partial charge in [0.1, 0.15) is 5.82 Å². The first-order valence-corrected chi connectivity index (χ1v) is 6.65. The van der Waals surface area contributed by atoms with Crippen molar-refractivity contribution in [3.05, 3.63) is 38.6 Å². The van der Waals surface area contributed by atoms with Crippen molar-refractivity contribution in [2.75, 3.05) is 11.2 Å². The van der Waals surface area contributed by atoms with Crippen LogP contribution in [0, 0.1) is 0 Å². The fourth-order valence-corrected chi connectivity index (χ4v) is 2.37. The Morgan fingerprint density at radius 3 is 3.00 bits per heavy atom. The second-order valence-corrected chi connectivity index (χ2v) is 5.29. The zero-order chi connectivity index (χ0) is 12.3. The average molecular weight is 332 g/mol. The van der Waals surface area contributed by atoms with Gasteiger partial charge in [-0.1, -0.05) is 33.6 Å². The third-order valence-electron chi connectivity index (χ3n) is 1.85. The SMILES string of the molecule is Nc1csc(NN=Cc2ccc(Br)cc2Cl)n1. The van der Waals surface area contributed by atoms with Gasteiger partial charge in [0.05, 0.1) is 11.2 Å². The third-order valence-corrected chi connectivity index (χ3v) is 3.43. The summed E-state index contributed by atoms with van der Waals surface area (Å²) in [4.78, 5) is 4.01. The molecule has 1 heterocycles. The second kappa shape index (κ2) is 5.48. The number of aromatic nitrogens is 1. The lowest BCUT2D eigenvalue weighted by Crippen LogP contribution is -1.91. The van der Waals surface area contributed by atoms with E-state index in [1.165, 1.54) is 11.3 Å². The monoisotopic (exact) mass is 330 g/mol. The number of anilines is 2. The van der Waals surface area contributed by atoms with E-state index in [1.807, 2.05) is 18.2 Å². The van der Waals surface area contributed by atoms with Gasteiger partial charge in [0.25, 0.3) is 0 Å². The zero-order valence-electron chi connectivity index (χ0n) is 8.52. The molecule has 0 aliphatic heterocycles. The molecule has 4 nitrogen and oxygen atoms in total. The quantitative estimate of drug-likeness (QED) is 0.667. The van der Waals surface area contributed by atoms with Crippen LogP contribution in [-0.4, -0.2) is 11.2 Å². The molecule has 0 bridgehead atoms. The van der Waals surface area contributed by atoms with Crippen molar-refractivity contribution in [3.63, 3.8) is 0 Å². The molecule has 0 fully saturated rings. The van der Waals surface area contributed by atoms with Crippen molar-refractivity contribution in [3.8, 4) is 0 Å². The second-order valence-electron chi connectivity index (χ2n) is 3.11. The highest BCUT2D eigenvalue weighted by atomic mass is 79.9. The van der Waals surface area contributed by atoms with Crippen molar-refractivity contribution in [2.24, 2.45) is 5.10 Å². The van der Waals surface area contributed by atoms with E-state index >= 15 is 0 Å². The predicted octanol–water partition coefficient (Wildman–Crippen LogP) is 3.59. The molecule has 17 heavy (non-hydrogen) atoms. The smallest absolute Gasteiger partial charge is 0.205 e. The van der Waals surface area contributed by atoms with E-state index in [1.54, 1.807) is 11.6 Å². The maximum absolute atomic E-state index is 6.03. The Kier molecular flexibility index (Phi) is 3.98. The number of hydrogen-bond donors (Lipinski definition) is 2. The minimum atomic E-state index is 0.481. The van der Waals surface area contributed by atoms with Crippen molar-refractivity contribution >= 4 is 56.0 Å². The third kappa shape index (κ3) is 3.42. The number of nitrogens with one attached hydrogen (secondary N) is 1. The van der Waals surface area contributed by atoms with Gasteiger partial charge in [-0.05, 0) is 12.1 Å². The molecule has 0 spiro atoms. The standard InChI is InChI=1S/C10H8BrClN4S/c11-7-2-1-6(8(12)3-7)4-14-16-10-15-9(13)5-17-10/h1-5H,13H2,(H,15,16). The molecule has 88 valence electrons. The molecule has 2 aromatic rings. The molecule has 0 saturated heterocycles. The van der Waals surface area contributed by atoms with E-state index in [-0.39, 0.29) is 0 Å². The molecule has 2 rings (SSSR count). The first kappa shape index (κ1) is 12.3. The maximum Gasteiger partial charge on any atom is 0.205 e. The first-order chi connectivity index (χ1) is 8.15. The fourth-order valence-electron chi connectivity index (χ4n) is 1.10. The Labute approximate surface area is 116 Å². The number of nitrogens with two attached hydrogens (primary N) is 1. The van der Waals surface area contributed by atoms with Gasteiger partial charge in [0, 0.05) is 15.4 Å². The molecule has 0 amide bonds. The molecular formula is C10H8BrClN4S. The van der Waals surface area contributed by atoms with Crippen LogP contribution < -0.4 is 11.2 Å². The van der Waals surface area contributed by atoms with Gasteiger partial charge in [0.2, 0.25) is 5.13 Å². The van der Waals surface area contributed by atoms with Gasteiger partial charge in [-0.25, -0.2) is 4.98 Å². The number of hydrazone groups is 1. The number of nitrogen functional groups attached to an aromatic ring is 1. The zero-order valence-corrected chi connectivity index (χ0v) is 11.7. The highest BCUT2D eigenvalue weighted by molar-refractivity contribution is 9.10. The van der Waals surface area contributed by atoms with E-state index in [9.17, 15) is 0 Å². The number of rotatable bonds is 3. The van der Waals surface area contributed by atoms with Gasteiger partial charge in [0.15, 0.2) is 0 Å². The summed E-state index contributed by atoms with van der Waals surface area (Å²) >= 11 is 10.8. The predicted molar refractivity (Wildman–Crippen MR) is 76.9 cm³/mol. The maximum atomic E-state index is 6.03. The number of thiazole rings is 1. The number of benzene rings is 1. The van der Waals surface area contributed by atoms with E-state index < -0.39 is 0 Å². The Morgan fingerprint density at radius 2 is 2.35 bits per heavy atom. The van der Waals surface area contributed by atoms with Crippen molar-refractivity contribution in [1.29, 1.82) is 0 Å². The van der Waals surface area contributed by atoms with Gasteiger partial charge in [-0.3, -0.25) is 5.43 Å². The van der Waals surface area contributed by atoms with Crippen LogP contribution in [0.3, 0.4) is 0 Å². The fraction of sp³-hybridized carbons (Fsp3) is 0. The summed E-state index contributed by atoms with van der Waals surface area (Å²) in [5.74, 6) is 0.481. The molecular weight excluding hydrogens is 324 g/mol. The Balaban J connectivity index is 2.05. The normalized spacial score (nSPS) is 10.9. The molecule has 1 aromatic carbocycles. The van der Waals surface area contributed by atoms with Gasteiger partial charge >= 0.3 is 0 Å². The van der Waals surface area contributed by atoms with Crippen LogP contribution in [0.25, 0.3) is 0 Å². The Morgan fingerprint density at radius 1 is 1.53 bits per heavy atom. The minimum absolute atomic E-state index is 0.481. The number of halogens is 2. The summed E-state index contributed by atoms with van der Waals surface area (Å²) < 4.78 is 0.931. The van der Waals surface area contributed by atoms with Crippen molar-refractivity contribution in [1.82, 2.24) is 4.98 Å². The molecule has 3 N–H and O–H groups in total. The molecule has 7 heteroatoms. The topological polar surface area (TPSA) is 63.3 Å². The van der Waals surface area contributed by atoms with Crippen LogP contribution in [0.15, 0.2) is 33.2 Å². The highest BCUT2D eigenvalue weighted by Gasteiger charge is 1.98. The van der Waals surface area contributed by atoms with Gasteiger partial charge in [-0.2, -0.15) is 5.10 Å². The molecule has 0 aliphatic rings. The van der Waals surface area contributed by atoms with Crippen LogP contribution in [0.2, 0.25) is 5.02 Å². The summed E-state index contributed by atoms with van der Waals surface area (Å²) in [6.07, 6.45) is 1.63. The molecule has 0 saturated carbocycles. The highest BCUT2D eigenvalue weighted by Crippen LogP contribution is 2.20. The number of hydrogen-bond acceptors (Lipinski definition) is 5. The van der Waals surface area contributed by atoms with Crippen LogP contribution >= 0.6 is 38.9 Å². The summed E-state index contributed by atoms with van der Waals surface area (Å²) in [5, 5.41) is 7.05. The summed E-state index contributed by atoms with van der Waals surface area (Å²) in [5.41, 5.74) is 9.09. The van der Waals surface area contributed by atoms with Crippen molar-refractivity contribution in [2.45, 2.75) is 0 Å². The lowest BCUT2D eigenvalue weighted by Gasteiger charge is -1.98. The van der Waals surface area contributed by atoms with Crippen molar-refractivity contribution < 1.29 is 0 Å². The minimum Gasteiger partial charge on any atom is -0.383 e. The Bertz CT molecular complexity index is 555. The van der Waals surface area contributed by atoms with Crippen LogP contribution in [0.1, 0.15) is 5.56 Å². The summed E-state index contributed by atoms with van der Waals surface area (Å²) in [6, 6.07) is 5.58. The van der Waals surface area contributed by atoms with Gasteiger partial charge < -0.3 is 5.73 Å².